The van der Waals surface area contributed by atoms with Crippen LogP contribution in [0.1, 0.15) is 5.56 Å². The molecule has 0 spiro atoms. The standard InChI is InChI=1S/C21H24ClFN4O2/c1-15-12-16(22)2-7-19(15)25-21(29)14-27-10-8-26(9-11-27)13-20(28)24-18-5-3-17(23)4-6-18/h2-7,12H,8-11,13-14H2,1H3,(H,24,28)(H,25,29). The molecule has 3 rings (SSSR count). The Morgan fingerprint density at radius 1 is 0.931 bits per heavy atom. The summed E-state index contributed by atoms with van der Waals surface area (Å²) in [5, 5.41) is 6.32. The van der Waals surface area contributed by atoms with Crippen molar-refractivity contribution in [3.63, 3.8) is 0 Å². The van der Waals surface area contributed by atoms with Crippen molar-refractivity contribution in [2.75, 3.05) is 49.9 Å². The maximum atomic E-state index is 12.9. The lowest BCUT2D eigenvalue weighted by molar-refractivity contribution is -0.120. The molecule has 2 aromatic rings. The van der Waals surface area contributed by atoms with Gasteiger partial charge in [-0.2, -0.15) is 0 Å². The Hall–Kier alpha value is -2.48. The number of benzene rings is 2. The quantitative estimate of drug-likeness (QED) is 0.757. The minimum Gasteiger partial charge on any atom is -0.325 e. The Morgan fingerprint density at radius 2 is 1.48 bits per heavy atom. The third-order valence-electron chi connectivity index (χ3n) is 4.79. The van der Waals surface area contributed by atoms with E-state index in [-0.39, 0.29) is 24.2 Å². The summed E-state index contributed by atoms with van der Waals surface area (Å²) in [6, 6.07) is 11.0. The topological polar surface area (TPSA) is 64.7 Å². The van der Waals surface area contributed by atoms with Gasteiger partial charge in [0.1, 0.15) is 5.82 Å². The van der Waals surface area contributed by atoms with Crippen molar-refractivity contribution in [1.82, 2.24) is 9.80 Å². The average molecular weight is 419 g/mol. The van der Waals surface area contributed by atoms with E-state index >= 15 is 0 Å². The fourth-order valence-electron chi connectivity index (χ4n) is 3.20. The number of hydrogen-bond donors (Lipinski definition) is 2. The van der Waals surface area contributed by atoms with Gasteiger partial charge in [-0.1, -0.05) is 11.6 Å². The van der Waals surface area contributed by atoms with Crippen molar-refractivity contribution in [3.05, 3.63) is 58.9 Å². The summed E-state index contributed by atoms with van der Waals surface area (Å²) in [5.41, 5.74) is 2.25. The Labute approximate surface area is 174 Å². The van der Waals surface area contributed by atoms with Crippen LogP contribution in [0.15, 0.2) is 42.5 Å². The zero-order valence-corrected chi connectivity index (χ0v) is 17.0. The predicted molar refractivity (Wildman–Crippen MR) is 113 cm³/mol. The molecular weight excluding hydrogens is 395 g/mol. The molecule has 154 valence electrons. The Kier molecular flexibility index (Phi) is 7.19. The highest BCUT2D eigenvalue weighted by molar-refractivity contribution is 6.30. The summed E-state index contributed by atoms with van der Waals surface area (Å²) >= 11 is 5.94. The van der Waals surface area contributed by atoms with Gasteiger partial charge < -0.3 is 10.6 Å². The van der Waals surface area contributed by atoms with Gasteiger partial charge in [-0.05, 0) is 55.0 Å². The molecule has 2 N–H and O–H groups in total. The van der Waals surface area contributed by atoms with Gasteiger partial charge in [0, 0.05) is 42.6 Å². The monoisotopic (exact) mass is 418 g/mol. The molecule has 8 heteroatoms. The number of amides is 2. The second-order valence-corrected chi connectivity index (χ2v) is 7.55. The number of carbonyl (C=O) groups is 2. The molecule has 0 aromatic heterocycles. The van der Waals surface area contributed by atoms with Crippen molar-refractivity contribution >= 4 is 34.8 Å². The smallest absolute Gasteiger partial charge is 0.238 e. The van der Waals surface area contributed by atoms with Crippen LogP contribution in [0.4, 0.5) is 15.8 Å². The molecule has 0 atom stereocenters. The third-order valence-corrected chi connectivity index (χ3v) is 5.02. The minimum atomic E-state index is -0.339. The first-order chi connectivity index (χ1) is 13.9. The van der Waals surface area contributed by atoms with E-state index in [1.165, 1.54) is 24.3 Å². The highest BCUT2D eigenvalue weighted by Crippen LogP contribution is 2.19. The van der Waals surface area contributed by atoms with Crippen LogP contribution in [-0.2, 0) is 9.59 Å². The number of carbonyl (C=O) groups excluding carboxylic acids is 2. The Morgan fingerprint density at radius 3 is 2.03 bits per heavy atom. The van der Waals surface area contributed by atoms with Gasteiger partial charge in [-0.3, -0.25) is 19.4 Å². The number of anilines is 2. The Balaban J connectivity index is 1.40. The van der Waals surface area contributed by atoms with E-state index in [1.54, 1.807) is 12.1 Å². The predicted octanol–water partition coefficient (Wildman–Crippen LogP) is 2.98. The summed E-state index contributed by atoms with van der Waals surface area (Å²) in [6.45, 7) is 5.28. The van der Waals surface area contributed by atoms with E-state index in [0.717, 1.165) is 11.3 Å². The lowest BCUT2D eigenvalue weighted by Gasteiger charge is -2.33. The van der Waals surface area contributed by atoms with E-state index in [9.17, 15) is 14.0 Å². The summed E-state index contributed by atoms with van der Waals surface area (Å²) < 4.78 is 12.9. The number of halogens is 2. The second-order valence-electron chi connectivity index (χ2n) is 7.11. The molecule has 1 aliphatic heterocycles. The molecule has 1 aliphatic rings. The summed E-state index contributed by atoms with van der Waals surface area (Å²) in [7, 11) is 0. The van der Waals surface area contributed by atoms with Crippen LogP contribution in [0.2, 0.25) is 5.02 Å². The first kappa shape index (κ1) is 21.2. The number of piperazine rings is 1. The molecule has 29 heavy (non-hydrogen) atoms. The van der Waals surface area contributed by atoms with Crippen LogP contribution in [0.5, 0.6) is 0 Å². The SMILES string of the molecule is Cc1cc(Cl)ccc1NC(=O)CN1CCN(CC(=O)Nc2ccc(F)cc2)CC1. The third kappa shape index (κ3) is 6.52. The molecule has 2 aromatic carbocycles. The first-order valence-corrected chi connectivity index (χ1v) is 9.83. The fourth-order valence-corrected chi connectivity index (χ4v) is 3.43. The van der Waals surface area contributed by atoms with E-state index in [1.807, 2.05) is 17.9 Å². The van der Waals surface area contributed by atoms with E-state index in [4.69, 9.17) is 11.6 Å². The van der Waals surface area contributed by atoms with E-state index in [2.05, 4.69) is 15.5 Å². The molecule has 1 heterocycles. The molecule has 0 aliphatic carbocycles. The molecule has 6 nitrogen and oxygen atoms in total. The highest BCUT2D eigenvalue weighted by Gasteiger charge is 2.21. The van der Waals surface area contributed by atoms with Gasteiger partial charge >= 0.3 is 0 Å². The van der Waals surface area contributed by atoms with Crippen LogP contribution in [0, 0.1) is 12.7 Å². The van der Waals surface area contributed by atoms with Gasteiger partial charge in [0.25, 0.3) is 0 Å². The zero-order valence-electron chi connectivity index (χ0n) is 16.3. The summed E-state index contributed by atoms with van der Waals surface area (Å²) in [4.78, 5) is 28.6. The van der Waals surface area contributed by atoms with Crippen molar-refractivity contribution in [3.8, 4) is 0 Å². The second kappa shape index (κ2) is 9.82. The Bertz CT molecular complexity index is 867. The number of hydrogen-bond acceptors (Lipinski definition) is 4. The van der Waals surface area contributed by atoms with Crippen LogP contribution < -0.4 is 10.6 Å². The van der Waals surface area contributed by atoms with Crippen LogP contribution in [0.25, 0.3) is 0 Å². The highest BCUT2D eigenvalue weighted by atomic mass is 35.5. The minimum absolute atomic E-state index is 0.0714. The van der Waals surface area contributed by atoms with Crippen LogP contribution in [0.3, 0.4) is 0 Å². The number of aryl methyl sites for hydroxylation is 1. The van der Waals surface area contributed by atoms with Crippen LogP contribution in [-0.4, -0.2) is 60.9 Å². The molecule has 1 fully saturated rings. The van der Waals surface area contributed by atoms with E-state index < -0.39 is 0 Å². The number of rotatable bonds is 6. The molecule has 0 unspecified atom stereocenters. The van der Waals surface area contributed by atoms with Crippen molar-refractivity contribution in [2.45, 2.75) is 6.92 Å². The first-order valence-electron chi connectivity index (χ1n) is 9.45. The van der Waals surface area contributed by atoms with Crippen molar-refractivity contribution in [2.24, 2.45) is 0 Å². The lowest BCUT2D eigenvalue weighted by Crippen LogP contribution is -2.50. The van der Waals surface area contributed by atoms with Gasteiger partial charge in [0.2, 0.25) is 11.8 Å². The molecular formula is C21H24ClFN4O2. The van der Waals surface area contributed by atoms with Crippen molar-refractivity contribution in [1.29, 1.82) is 0 Å². The summed E-state index contributed by atoms with van der Waals surface area (Å²) in [5.74, 6) is -0.548. The number of nitrogens with zero attached hydrogens (tertiary/aromatic N) is 2. The zero-order chi connectivity index (χ0) is 20.8. The number of nitrogens with one attached hydrogen (secondary N) is 2. The average Bonchev–Trinajstić information content (AvgIpc) is 2.67. The molecule has 1 saturated heterocycles. The van der Waals surface area contributed by atoms with Crippen molar-refractivity contribution < 1.29 is 14.0 Å². The maximum Gasteiger partial charge on any atom is 0.238 e. The molecule has 0 saturated carbocycles. The fraction of sp³-hybridized carbons (Fsp3) is 0.333. The van der Waals surface area contributed by atoms with Gasteiger partial charge in [0.15, 0.2) is 0 Å². The van der Waals surface area contributed by atoms with Crippen LogP contribution >= 0.6 is 11.6 Å². The van der Waals surface area contributed by atoms with E-state index in [0.29, 0.717) is 43.4 Å². The molecule has 2 amide bonds. The lowest BCUT2D eigenvalue weighted by atomic mass is 10.2. The van der Waals surface area contributed by atoms with Gasteiger partial charge in [-0.25, -0.2) is 4.39 Å². The van der Waals surface area contributed by atoms with Gasteiger partial charge in [0.05, 0.1) is 13.1 Å². The maximum absolute atomic E-state index is 12.9. The normalized spacial score (nSPS) is 15.1. The summed E-state index contributed by atoms with van der Waals surface area (Å²) in [6.07, 6.45) is 0. The van der Waals surface area contributed by atoms with Gasteiger partial charge in [-0.15, -0.1) is 0 Å². The largest absolute Gasteiger partial charge is 0.325 e. The molecule has 0 bridgehead atoms. The molecule has 0 radical (unpaired) electrons.